The SMILES string of the molecule is Cn1nnc2c(C(=O)NOCc3ccccc3)ncn2c1=O. The molecule has 0 spiro atoms. The first-order valence-electron chi connectivity index (χ1n) is 6.40. The maximum Gasteiger partial charge on any atom is 0.352 e. The Labute approximate surface area is 124 Å². The highest BCUT2D eigenvalue weighted by molar-refractivity contribution is 5.97. The molecular weight excluding hydrogens is 288 g/mol. The molecular formula is C13H12N6O3. The molecule has 0 saturated carbocycles. The molecule has 0 aliphatic rings. The minimum atomic E-state index is -0.596. The van der Waals surface area contributed by atoms with Gasteiger partial charge in [0.2, 0.25) is 0 Å². The summed E-state index contributed by atoms with van der Waals surface area (Å²) in [6, 6.07) is 9.36. The van der Waals surface area contributed by atoms with Crippen LogP contribution >= 0.6 is 0 Å². The summed E-state index contributed by atoms with van der Waals surface area (Å²) in [5.74, 6) is -0.596. The molecule has 3 rings (SSSR count). The standard InChI is InChI=1S/C13H12N6O3/c1-18-13(21)19-8-14-10(11(19)15-17-18)12(20)16-22-7-9-5-3-2-4-6-9/h2-6,8H,7H2,1H3,(H,16,20). The second kappa shape index (κ2) is 5.74. The van der Waals surface area contributed by atoms with Crippen molar-refractivity contribution in [3.05, 3.63) is 58.4 Å². The first-order chi connectivity index (χ1) is 10.7. The van der Waals surface area contributed by atoms with Crippen LogP contribution in [0.1, 0.15) is 16.1 Å². The lowest BCUT2D eigenvalue weighted by Gasteiger charge is -2.04. The number of nitrogens with one attached hydrogen (secondary N) is 1. The molecule has 2 heterocycles. The number of amides is 1. The molecule has 22 heavy (non-hydrogen) atoms. The average Bonchev–Trinajstić information content (AvgIpc) is 2.96. The van der Waals surface area contributed by atoms with Crippen molar-refractivity contribution in [1.82, 2.24) is 29.9 Å². The zero-order valence-corrected chi connectivity index (χ0v) is 11.6. The maximum atomic E-state index is 12.0. The zero-order chi connectivity index (χ0) is 15.5. The van der Waals surface area contributed by atoms with E-state index < -0.39 is 11.6 Å². The summed E-state index contributed by atoms with van der Waals surface area (Å²) in [4.78, 5) is 32.8. The minimum absolute atomic E-state index is 0.0294. The van der Waals surface area contributed by atoms with E-state index in [1.54, 1.807) is 0 Å². The van der Waals surface area contributed by atoms with Gasteiger partial charge < -0.3 is 0 Å². The quantitative estimate of drug-likeness (QED) is 0.663. The molecule has 1 aromatic carbocycles. The van der Waals surface area contributed by atoms with Gasteiger partial charge in [-0.15, -0.1) is 5.10 Å². The fourth-order valence-corrected chi connectivity index (χ4v) is 1.85. The molecule has 2 aromatic heterocycles. The van der Waals surface area contributed by atoms with Crippen molar-refractivity contribution in [1.29, 1.82) is 0 Å². The van der Waals surface area contributed by atoms with Crippen molar-refractivity contribution < 1.29 is 9.63 Å². The highest BCUT2D eigenvalue weighted by Gasteiger charge is 2.17. The Morgan fingerprint density at radius 3 is 2.86 bits per heavy atom. The van der Waals surface area contributed by atoms with Crippen molar-refractivity contribution in [2.24, 2.45) is 7.05 Å². The summed E-state index contributed by atoms with van der Waals surface area (Å²) < 4.78 is 2.18. The van der Waals surface area contributed by atoms with Crippen molar-refractivity contribution in [2.45, 2.75) is 6.61 Å². The number of hydrogen-bond acceptors (Lipinski definition) is 6. The number of aryl methyl sites for hydroxylation is 1. The number of rotatable bonds is 4. The van der Waals surface area contributed by atoms with Gasteiger partial charge in [-0.2, -0.15) is 4.68 Å². The molecule has 112 valence electrons. The number of hydrogen-bond donors (Lipinski definition) is 1. The predicted octanol–water partition coefficient (Wildman–Crippen LogP) is -0.315. The highest BCUT2D eigenvalue weighted by atomic mass is 16.6. The minimum Gasteiger partial charge on any atom is -0.269 e. The van der Waals surface area contributed by atoms with Gasteiger partial charge in [0.15, 0.2) is 11.3 Å². The van der Waals surface area contributed by atoms with Gasteiger partial charge in [0, 0.05) is 7.05 Å². The van der Waals surface area contributed by atoms with E-state index in [1.165, 1.54) is 13.4 Å². The monoisotopic (exact) mass is 300 g/mol. The number of nitrogens with zero attached hydrogens (tertiary/aromatic N) is 5. The molecule has 1 N–H and O–H groups in total. The number of fused-ring (bicyclic) bond motifs is 1. The van der Waals surface area contributed by atoms with Gasteiger partial charge in [-0.05, 0) is 5.56 Å². The summed E-state index contributed by atoms with van der Waals surface area (Å²) in [5.41, 5.74) is 2.78. The van der Waals surface area contributed by atoms with Gasteiger partial charge in [0.05, 0.1) is 6.61 Å². The first kappa shape index (κ1) is 13.9. The predicted molar refractivity (Wildman–Crippen MR) is 74.7 cm³/mol. The van der Waals surface area contributed by atoms with Crippen LogP contribution in [0.25, 0.3) is 5.65 Å². The summed E-state index contributed by atoms with van der Waals surface area (Å²) in [6.07, 6.45) is 1.22. The van der Waals surface area contributed by atoms with Gasteiger partial charge in [0.1, 0.15) is 6.33 Å². The van der Waals surface area contributed by atoms with Crippen molar-refractivity contribution in [3.63, 3.8) is 0 Å². The van der Waals surface area contributed by atoms with E-state index in [0.29, 0.717) is 0 Å². The second-order valence-electron chi connectivity index (χ2n) is 4.49. The summed E-state index contributed by atoms with van der Waals surface area (Å²) in [5, 5.41) is 7.41. The molecule has 9 heteroatoms. The van der Waals surface area contributed by atoms with E-state index in [2.05, 4.69) is 20.8 Å². The van der Waals surface area contributed by atoms with Crippen LogP contribution in [-0.2, 0) is 18.5 Å². The average molecular weight is 300 g/mol. The van der Waals surface area contributed by atoms with Gasteiger partial charge in [-0.3, -0.25) is 9.63 Å². The largest absolute Gasteiger partial charge is 0.352 e. The molecule has 0 unspecified atom stereocenters. The van der Waals surface area contributed by atoms with Crippen LogP contribution in [-0.4, -0.2) is 30.3 Å². The summed E-state index contributed by atoms with van der Waals surface area (Å²) in [6.45, 7) is 0.214. The Morgan fingerprint density at radius 2 is 2.09 bits per heavy atom. The number of carbonyl (C=O) groups excluding carboxylic acids is 1. The molecule has 0 aliphatic heterocycles. The van der Waals surface area contributed by atoms with Crippen LogP contribution in [0.15, 0.2) is 41.5 Å². The fraction of sp³-hybridized carbons (Fsp3) is 0.154. The van der Waals surface area contributed by atoms with Crippen LogP contribution in [0.2, 0.25) is 0 Å². The molecule has 0 fully saturated rings. The van der Waals surface area contributed by atoms with Crippen LogP contribution in [0.4, 0.5) is 0 Å². The molecule has 9 nitrogen and oxygen atoms in total. The number of carbonyl (C=O) groups is 1. The second-order valence-corrected chi connectivity index (χ2v) is 4.49. The van der Waals surface area contributed by atoms with Crippen LogP contribution in [0.3, 0.4) is 0 Å². The lowest BCUT2D eigenvalue weighted by Crippen LogP contribution is -2.28. The molecule has 1 amide bonds. The fourth-order valence-electron chi connectivity index (χ4n) is 1.85. The van der Waals surface area contributed by atoms with Crippen molar-refractivity contribution in [3.8, 4) is 0 Å². The van der Waals surface area contributed by atoms with E-state index in [0.717, 1.165) is 14.6 Å². The molecule has 0 atom stereocenters. The number of benzene rings is 1. The topological polar surface area (TPSA) is 103 Å². The van der Waals surface area contributed by atoms with Gasteiger partial charge >= 0.3 is 5.69 Å². The summed E-state index contributed by atoms with van der Waals surface area (Å²) >= 11 is 0. The lowest BCUT2D eigenvalue weighted by molar-refractivity contribution is 0.0231. The Hall–Kier alpha value is -3.07. The van der Waals surface area contributed by atoms with E-state index in [1.807, 2.05) is 30.3 Å². The molecule has 0 aliphatic carbocycles. The number of hydroxylamine groups is 1. The van der Waals surface area contributed by atoms with Crippen molar-refractivity contribution in [2.75, 3.05) is 0 Å². The third kappa shape index (κ3) is 2.56. The molecule has 0 bridgehead atoms. The number of imidazole rings is 1. The molecule has 3 aromatic rings. The van der Waals surface area contributed by atoms with Gasteiger partial charge in [-0.1, -0.05) is 35.5 Å². The Bertz CT molecular complexity index is 870. The third-order valence-corrected chi connectivity index (χ3v) is 2.96. The van der Waals surface area contributed by atoms with Gasteiger partial charge in [0.25, 0.3) is 5.91 Å². The van der Waals surface area contributed by atoms with Crippen LogP contribution < -0.4 is 11.2 Å². The van der Waals surface area contributed by atoms with E-state index in [4.69, 9.17) is 4.84 Å². The molecule has 0 saturated heterocycles. The maximum absolute atomic E-state index is 12.0. The summed E-state index contributed by atoms with van der Waals surface area (Å²) in [7, 11) is 1.46. The first-order valence-corrected chi connectivity index (χ1v) is 6.40. The van der Waals surface area contributed by atoms with Crippen molar-refractivity contribution >= 4 is 11.6 Å². The van der Waals surface area contributed by atoms with Gasteiger partial charge in [-0.25, -0.2) is 19.7 Å². The smallest absolute Gasteiger partial charge is 0.269 e. The third-order valence-electron chi connectivity index (χ3n) is 2.96. The lowest BCUT2D eigenvalue weighted by atomic mass is 10.2. The normalized spacial score (nSPS) is 10.8. The molecule has 0 radical (unpaired) electrons. The van der Waals surface area contributed by atoms with Crippen LogP contribution in [0, 0.1) is 0 Å². The van der Waals surface area contributed by atoms with Crippen LogP contribution in [0.5, 0.6) is 0 Å². The van der Waals surface area contributed by atoms with E-state index >= 15 is 0 Å². The Balaban J connectivity index is 1.73. The zero-order valence-electron chi connectivity index (χ0n) is 11.6. The highest BCUT2D eigenvalue weighted by Crippen LogP contribution is 2.03. The Morgan fingerprint density at radius 1 is 1.32 bits per heavy atom. The Kier molecular flexibility index (Phi) is 3.62. The van der Waals surface area contributed by atoms with E-state index in [-0.39, 0.29) is 17.9 Å². The van der Waals surface area contributed by atoms with E-state index in [9.17, 15) is 9.59 Å². The number of aromatic nitrogens is 5.